The van der Waals surface area contributed by atoms with Crippen LogP contribution in [0.2, 0.25) is 0 Å². The van der Waals surface area contributed by atoms with Gasteiger partial charge >= 0.3 is 0 Å². The molecule has 1 aromatic carbocycles. The summed E-state index contributed by atoms with van der Waals surface area (Å²) in [6.45, 7) is 7.53. The fraction of sp³-hybridized carbons (Fsp3) is 0.647. The van der Waals surface area contributed by atoms with E-state index in [9.17, 15) is 9.50 Å². The van der Waals surface area contributed by atoms with E-state index in [1.807, 2.05) is 13.8 Å². The van der Waals surface area contributed by atoms with Crippen LogP contribution in [0.25, 0.3) is 0 Å². The lowest BCUT2D eigenvalue weighted by atomic mass is 9.95. The summed E-state index contributed by atoms with van der Waals surface area (Å²) < 4.78 is 19.4. The van der Waals surface area contributed by atoms with Crippen molar-refractivity contribution in [2.75, 3.05) is 26.2 Å². The zero-order valence-electron chi connectivity index (χ0n) is 13.0. The molecule has 0 aromatic heterocycles. The Labute approximate surface area is 126 Å². The number of likely N-dealkylation sites (tertiary alicyclic amines) is 1. The fourth-order valence-electron chi connectivity index (χ4n) is 3.02. The summed E-state index contributed by atoms with van der Waals surface area (Å²) in [6, 6.07) is 6.48. The molecule has 3 nitrogen and oxygen atoms in total. The van der Waals surface area contributed by atoms with E-state index in [-0.39, 0.29) is 11.7 Å². The van der Waals surface area contributed by atoms with Crippen molar-refractivity contribution in [1.82, 2.24) is 4.90 Å². The maximum absolute atomic E-state index is 13.7. The number of halogens is 1. The van der Waals surface area contributed by atoms with Crippen LogP contribution < -0.4 is 0 Å². The van der Waals surface area contributed by atoms with Crippen LogP contribution >= 0.6 is 0 Å². The molecule has 0 spiro atoms. The Kier molecular flexibility index (Phi) is 6.15. The minimum absolute atomic E-state index is 0.00513. The Morgan fingerprint density at radius 2 is 2.00 bits per heavy atom. The average molecular weight is 295 g/mol. The molecule has 1 fully saturated rings. The Hall–Kier alpha value is -0.970. The van der Waals surface area contributed by atoms with E-state index in [4.69, 9.17) is 4.74 Å². The van der Waals surface area contributed by atoms with E-state index in [1.54, 1.807) is 18.2 Å². The lowest BCUT2D eigenvalue weighted by Crippen LogP contribution is -2.40. The molecule has 0 radical (unpaired) electrons. The molecular weight excluding hydrogens is 269 g/mol. The van der Waals surface area contributed by atoms with Gasteiger partial charge in [0.25, 0.3) is 0 Å². The number of nitrogens with zero attached hydrogens (tertiary/aromatic N) is 1. The first kappa shape index (κ1) is 16.4. The van der Waals surface area contributed by atoms with Crippen LogP contribution in [-0.2, 0) is 4.74 Å². The zero-order chi connectivity index (χ0) is 15.2. The Morgan fingerprint density at radius 3 is 2.62 bits per heavy atom. The maximum Gasteiger partial charge on any atom is 0.129 e. The maximum atomic E-state index is 13.7. The highest BCUT2D eigenvalue weighted by atomic mass is 19.1. The number of ether oxygens (including phenoxy) is 1. The van der Waals surface area contributed by atoms with Gasteiger partial charge in [-0.3, -0.25) is 0 Å². The third-order valence-electron chi connectivity index (χ3n) is 4.25. The second-order valence-electron chi connectivity index (χ2n) is 5.90. The van der Waals surface area contributed by atoms with E-state index in [2.05, 4.69) is 4.90 Å². The van der Waals surface area contributed by atoms with Crippen molar-refractivity contribution in [3.05, 3.63) is 35.6 Å². The summed E-state index contributed by atoms with van der Waals surface area (Å²) in [5.41, 5.74) is 0.397. The van der Waals surface area contributed by atoms with E-state index in [1.165, 1.54) is 6.07 Å². The molecule has 118 valence electrons. The van der Waals surface area contributed by atoms with Crippen LogP contribution in [0, 0.1) is 11.7 Å². The number of rotatable bonds is 6. The molecule has 1 aliphatic rings. The van der Waals surface area contributed by atoms with Gasteiger partial charge in [0.05, 0.1) is 12.2 Å². The first-order chi connectivity index (χ1) is 10.1. The molecular formula is C17H26FNO2. The van der Waals surface area contributed by atoms with E-state index < -0.39 is 6.10 Å². The van der Waals surface area contributed by atoms with Crippen molar-refractivity contribution in [2.24, 2.45) is 5.92 Å². The van der Waals surface area contributed by atoms with Gasteiger partial charge in [0.2, 0.25) is 0 Å². The second-order valence-corrected chi connectivity index (χ2v) is 5.90. The number of hydrogen-bond donors (Lipinski definition) is 1. The van der Waals surface area contributed by atoms with E-state index >= 15 is 0 Å². The number of piperidine rings is 1. The summed E-state index contributed by atoms with van der Waals surface area (Å²) in [4.78, 5) is 2.34. The molecule has 0 saturated carbocycles. The summed E-state index contributed by atoms with van der Waals surface area (Å²) in [7, 11) is 0. The Morgan fingerprint density at radius 1 is 1.33 bits per heavy atom. The van der Waals surface area contributed by atoms with Crippen molar-refractivity contribution in [3.8, 4) is 0 Å². The lowest BCUT2D eigenvalue weighted by molar-refractivity contribution is 0.00398. The van der Waals surface area contributed by atoms with Crippen LogP contribution in [0.4, 0.5) is 4.39 Å². The van der Waals surface area contributed by atoms with Gasteiger partial charge in [-0.05, 0) is 31.7 Å². The number of benzene rings is 1. The van der Waals surface area contributed by atoms with E-state index in [0.717, 1.165) is 39.1 Å². The molecule has 2 atom stereocenters. The Balaban J connectivity index is 1.85. The van der Waals surface area contributed by atoms with Crippen LogP contribution in [-0.4, -0.2) is 42.4 Å². The molecule has 4 heteroatoms. The molecule has 2 unspecified atom stereocenters. The van der Waals surface area contributed by atoms with Gasteiger partial charge in [-0.15, -0.1) is 0 Å². The topological polar surface area (TPSA) is 32.7 Å². The average Bonchev–Trinajstić information content (AvgIpc) is 2.49. The molecule has 2 rings (SSSR count). The van der Waals surface area contributed by atoms with Gasteiger partial charge in [-0.25, -0.2) is 4.39 Å². The predicted octanol–water partition coefficient (Wildman–Crippen LogP) is 3.00. The third-order valence-corrected chi connectivity index (χ3v) is 4.25. The molecule has 0 bridgehead atoms. The summed E-state index contributed by atoms with van der Waals surface area (Å²) >= 11 is 0. The summed E-state index contributed by atoms with van der Waals surface area (Å²) in [6.07, 6.45) is 1.70. The third kappa shape index (κ3) is 4.50. The summed E-state index contributed by atoms with van der Waals surface area (Å²) in [5.74, 6) is -0.322. The first-order valence-electron chi connectivity index (χ1n) is 7.88. The summed E-state index contributed by atoms with van der Waals surface area (Å²) in [5, 5.41) is 10.3. The highest BCUT2D eigenvalue weighted by molar-refractivity contribution is 5.20. The standard InChI is InChI=1S/C17H26FNO2/c1-3-21-14-8-10-19(11-9-14)12-13(2)17(20)15-6-4-5-7-16(15)18/h4-7,13-14,17,20H,3,8-12H2,1-2H3. The lowest BCUT2D eigenvalue weighted by Gasteiger charge is -2.34. The smallest absolute Gasteiger partial charge is 0.129 e. The number of hydrogen-bond acceptors (Lipinski definition) is 3. The van der Waals surface area contributed by atoms with Crippen LogP contribution in [0.1, 0.15) is 38.4 Å². The van der Waals surface area contributed by atoms with Crippen LogP contribution in [0.5, 0.6) is 0 Å². The van der Waals surface area contributed by atoms with Crippen molar-refractivity contribution in [2.45, 2.75) is 38.9 Å². The van der Waals surface area contributed by atoms with Crippen LogP contribution in [0.3, 0.4) is 0 Å². The molecule has 0 aliphatic carbocycles. The van der Waals surface area contributed by atoms with Gasteiger partial charge in [0, 0.05) is 31.8 Å². The van der Waals surface area contributed by atoms with Crippen molar-refractivity contribution < 1.29 is 14.2 Å². The first-order valence-corrected chi connectivity index (χ1v) is 7.88. The minimum Gasteiger partial charge on any atom is -0.388 e. The highest BCUT2D eigenvalue weighted by Gasteiger charge is 2.25. The van der Waals surface area contributed by atoms with Crippen molar-refractivity contribution >= 4 is 0 Å². The van der Waals surface area contributed by atoms with Gasteiger partial charge in [-0.1, -0.05) is 25.1 Å². The van der Waals surface area contributed by atoms with Crippen LogP contribution in [0.15, 0.2) is 24.3 Å². The van der Waals surface area contributed by atoms with Crippen molar-refractivity contribution in [3.63, 3.8) is 0 Å². The van der Waals surface area contributed by atoms with Crippen molar-refractivity contribution in [1.29, 1.82) is 0 Å². The molecule has 1 aromatic rings. The van der Waals surface area contributed by atoms with Gasteiger partial charge in [0.1, 0.15) is 5.82 Å². The van der Waals surface area contributed by atoms with Gasteiger partial charge in [0.15, 0.2) is 0 Å². The largest absolute Gasteiger partial charge is 0.388 e. The second kappa shape index (κ2) is 7.87. The fourth-order valence-corrected chi connectivity index (χ4v) is 3.02. The predicted molar refractivity (Wildman–Crippen MR) is 81.6 cm³/mol. The molecule has 1 heterocycles. The number of aliphatic hydroxyl groups is 1. The van der Waals surface area contributed by atoms with E-state index in [0.29, 0.717) is 11.7 Å². The quantitative estimate of drug-likeness (QED) is 0.875. The monoisotopic (exact) mass is 295 g/mol. The minimum atomic E-state index is -0.754. The molecule has 1 aliphatic heterocycles. The normalized spacial score (nSPS) is 20.4. The molecule has 21 heavy (non-hydrogen) atoms. The molecule has 1 saturated heterocycles. The highest BCUT2D eigenvalue weighted by Crippen LogP contribution is 2.26. The molecule has 1 N–H and O–H groups in total. The number of aliphatic hydroxyl groups excluding tert-OH is 1. The zero-order valence-corrected chi connectivity index (χ0v) is 13.0. The SMILES string of the molecule is CCOC1CCN(CC(C)C(O)c2ccccc2F)CC1. The van der Waals surface area contributed by atoms with Gasteiger partial charge in [-0.2, -0.15) is 0 Å². The molecule has 0 amide bonds. The Bertz CT molecular complexity index is 433. The van der Waals surface area contributed by atoms with Gasteiger partial charge < -0.3 is 14.7 Å².